The number of aromatic nitrogens is 1. The van der Waals surface area contributed by atoms with Gasteiger partial charge in [0.1, 0.15) is 0 Å². The molecule has 1 amide bonds. The SMILES string of the molecule is N=Cc1ccc(N=C(N)/C(=N\Nc2c(Cl)cccc2Cl)C(N)=O)cn1. The molecule has 0 saturated heterocycles. The van der Waals surface area contributed by atoms with E-state index in [9.17, 15) is 4.79 Å². The quantitative estimate of drug-likeness (QED) is 0.347. The van der Waals surface area contributed by atoms with E-state index in [1.165, 1.54) is 6.20 Å². The molecule has 0 aliphatic heterocycles. The first-order chi connectivity index (χ1) is 11.9. The molecule has 0 saturated carbocycles. The first-order valence-corrected chi connectivity index (χ1v) is 7.56. The van der Waals surface area contributed by atoms with Crippen LogP contribution in [0.4, 0.5) is 11.4 Å². The second-order valence-electron chi connectivity index (χ2n) is 4.62. The smallest absolute Gasteiger partial charge is 0.272 e. The van der Waals surface area contributed by atoms with Crippen LogP contribution >= 0.6 is 23.2 Å². The highest BCUT2D eigenvalue weighted by Gasteiger charge is 2.14. The molecule has 8 nitrogen and oxygen atoms in total. The van der Waals surface area contributed by atoms with Crippen LogP contribution in [0.1, 0.15) is 5.69 Å². The van der Waals surface area contributed by atoms with Gasteiger partial charge >= 0.3 is 0 Å². The van der Waals surface area contributed by atoms with Crippen molar-refractivity contribution in [2.24, 2.45) is 21.6 Å². The summed E-state index contributed by atoms with van der Waals surface area (Å²) in [6, 6.07) is 8.01. The molecule has 0 spiro atoms. The van der Waals surface area contributed by atoms with Crippen molar-refractivity contribution in [1.29, 1.82) is 5.41 Å². The number of primary amides is 1. The van der Waals surface area contributed by atoms with Crippen LogP contribution in [-0.4, -0.2) is 28.7 Å². The number of amidine groups is 1. The number of nitrogens with two attached hydrogens (primary N) is 2. The van der Waals surface area contributed by atoms with Crippen molar-refractivity contribution in [3.63, 3.8) is 0 Å². The zero-order valence-electron chi connectivity index (χ0n) is 12.7. The molecule has 1 aromatic carbocycles. The number of pyridine rings is 1. The van der Waals surface area contributed by atoms with Crippen molar-refractivity contribution in [3.8, 4) is 0 Å². The van der Waals surface area contributed by atoms with Crippen molar-refractivity contribution in [2.45, 2.75) is 0 Å². The fraction of sp³-hybridized carbons (Fsp3) is 0. The lowest BCUT2D eigenvalue weighted by Crippen LogP contribution is -2.36. The summed E-state index contributed by atoms with van der Waals surface area (Å²) in [6.07, 6.45) is 2.48. The molecule has 2 rings (SSSR count). The largest absolute Gasteiger partial charge is 0.382 e. The van der Waals surface area contributed by atoms with Gasteiger partial charge in [-0.15, -0.1) is 0 Å². The lowest BCUT2D eigenvalue weighted by molar-refractivity contribution is -0.111. The molecule has 0 bridgehead atoms. The molecule has 0 atom stereocenters. The lowest BCUT2D eigenvalue weighted by Gasteiger charge is -2.07. The first kappa shape index (κ1) is 18.4. The Bertz CT molecular complexity index is 842. The number of para-hydroxylation sites is 1. The van der Waals surface area contributed by atoms with Crippen LogP contribution in [0, 0.1) is 5.41 Å². The van der Waals surface area contributed by atoms with E-state index in [4.69, 9.17) is 40.1 Å². The van der Waals surface area contributed by atoms with Crippen LogP contribution in [0.25, 0.3) is 0 Å². The number of hydrogen-bond acceptors (Lipinski definition) is 6. The van der Waals surface area contributed by atoms with Crippen LogP contribution in [0.2, 0.25) is 10.0 Å². The summed E-state index contributed by atoms with van der Waals surface area (Å²) in [5.74, 6) is -1.10. The summed E-state index contributed by atoms with van der Waals surface area (Å²) in [6.45, 7) is 0. The third-order valence-electron chi connectivity index (χ3n) is 2.89. The number of anilines is 1. The highest BCUT2D eigenvalue weighted by molar-refractivity contribution is 6.66. The van der Waals surface area contributed by atoms with E-state index in [-0.39, 0.29) is 11.5 Å². The van der Waals surface area contributed by atoms with E-state index in [0.717, 1.165) is 6.21 Å². The molecule has 6 N–H and O–H groups in total. The number of amides is 1. The highest BCUT2D eigenvalue weighted by atomic mass is 35.5. The van der Waals surface area contributed by atoms with Gasteiger partial charge in [-0.25, -0.2) is 4.99 Å². The predicted octanol–water partition coefficient (Wildman–Crippen LogP) is 2.33. The minimum absolute atomic E-state index is 0.215. The molecular formula is C15H13Cl2N7O. The second kappa shape index (κ2) is 8.22. The number of halogens is 2. The molecule has 2 aromatic rings. The van der Waals surface area contributed by atoms with Crippen molar-refractivity contribution >= 4 is 58.2 Å². The van der Waals surface area contributed by atoms with Crippen LogP contribution in [0.15, 0.2) is 46.6 Å². The van der Waals surface area contributed by atoms with Crippen LogP contribution < -0.4 is 16.9 Å². The van der Waals surface area contributed by atoms with Gasteiger partial charge in [0.2, 0.25) is 0 Å². The minimum atomic E-state index is -0.888. The molecule has 0 unspecified atom stereocenters. The van der Waals surface area contributed by atoms with Crippen LogP contribution in [0.3, 0.4) is 0 Å². The van der Waals surface area contributed by atoms with Crippen molar-refractivity contribution in [2.75, 3.05) is 5.43 Å². The first-order valence-electron chi connectivity index (χ1n) is 6.81. The maximum atomic E-state index is 11.6. The summed E-state index contributed by atoms with van der Waals surface area (Å²) >= 11 is 12.0. The van der Waals surface area contributed by atoms with Gasteiger partial charge in [0.25, 0.3) is 5.91 Å². The van der Waals surface area contributed by atoms with Gasteiger partial charge in [-0.05, 0) is 24.3 Å². The van der Waals surface area contributed by atoms with Crippen molar-refractivity contribution in [3.05, 3.63) is 52.3 Å². The summed E-state index contributed by atoms with van der Waals surface area (Å²) in [5.41, 5.74) is 14.5. The third kappa shape index (κ3) is 4.75. The molecule has 128 valence electrons. The minimum Gasteiger partial charge on any atom is -0.382 e. The molecule has 25 heavy (non-hydrogen) atoms. The topological polar surface area (TPSA) is 143 Å². The Kier molecular flexibility index (Phi) is 6.04. The zero-order chi connectivity index (χ0) is 18.4. The van der Waals surface area contributed by atoms with Gasteiger partial charge in [0, 0.05) is 6.21 Å². The van der Waals surface area contributed by atoms with E-state index in [1.807, 2.05) is 0 Å². The summed E-state index contributed by atoms with van der Waals surface area (Å²) in [4.78, 5) is 19.6. The Hall–Kier alpha value is -2.97. The Morgan fingerprint density at radius 1 is 1.20 bits per heavy atom. The van der Waals surface area contributed by atoms with Gasteiger partial charge in [-0.1, -0.05) is 29.3 Å². The molecule has 0 radical (unpaired) electrons. The zero-order valence-corrected chi connectivity index (χ0v) is 14.2. The summed E-state index contributed by atoms with van der Waals surface area (Å²) in [7, 11) is 0. The van der Waals surface area contributed by atoms with E-state index in [0.29, 0.717) is 27.1 Å². The van der Waals surface area contributed by atoms with E-state index >= 15 is 0 Å². The number of aliphatic imine (C=N–C) groups is 1. The van der Waals surface area contributed by atoms with E-state index in [2.05, 4.69) is 20.5 Å². The third-order valence-corrected chi connectivity index (χ3v) is 3.52. The van der Waals surface area contributed by atoms with Crippen LogP contribution in [-0.2, 0) is 4.79 Å². The lowest BCUT2D eigenvalue weighted by atomic mass is 10.3. The summed E-state index contributed by atoms with van der Waals surface area (Å²) in [5, 5.41) is 11.6. The molecular weight excluding hydrogens is 365 g/mol. The molecule has 10 heteroatoms. The van der Waals surface area contributed by atoms with Gasteiger partial charge in [-0.3, -0.25) is 15.2 Å². The molecule has 1 aromatic heterocycles. The van der Waals surface area contributed by atoms with Crippen molar-refractivity contribution in [1.82, 2.24) is 4.98 Å². The number of hydrogen-bond donors (Lipinski definition) is 4. The highest BCUT2D eigenvalue weighted by Crippen LogP contribution is 2.29. The Balaban J connectivity index is 2.31. The molecule has 0 aliphatic rings. The predicted molar refractivity (Wildman–Crippen MR) is 100 cm³/mol. The maximum Gasteiger partial charge on any atom is 0.272 e. The van der Waals surface area contributed by atoms with Gasteiger partial charge < -0.3 is 16.9 Å². The normalized spacial score (nSPS) is 11.9. The number of nitrogens with one attached hydrogen (secondary N) is 2. The Morgan fingerprint density at radius 3 is 2.40 bits per heavy atom. The van der Waals surface area contributed by atoms with E-state index in [1.54, 1.807) is 30.3 Å². The van der Waals surface area contributed by atoms with Gasteiger partial charge in [0.15, 0.2) is 11.5 Å². The number of rotatable bonds is 6. The average Bonchev–Trinajstić information content (AvgIpc) is 2.57. The Labute approximate surface area is 153 Å². The van der Waals surface area contributed by atoms with E-state index < -0.39 is 5.91 Å². The average molecular weight is 378 g/mol. The fourth-order valence-electron chi connectivity index (χ4n) is 1.70. The molecule has 1 heterocycles. The second-order valence-corrected chi connectivity index (χ2v) is 5.43. The summed E-state index contributed by atoms with van der Waals surface area (Å²) < 4.78 is 0. The number of hydrazone groups is 1. The molecule has 0 fully saturated rings. The standard InChI is InChI=1S/C15H13Cl2N7O/c16-10-2-1-3-11(17)12(10)23-24-13(15(20)25)14(19)22-9-5-4-8(6-18)21-7-9/h1-7,18,23H,(H2,19,22)(H2,20,25)/b18-6?,24-13+. The molecule has 0 aliphatic carbocycles. The number of carbonyl (C=O) groups is 1. The number of benzene rings is 1. The van der Waals surface area contributed by atoms with Crippen molar-refractivity contribution < 1.29 is 4.79 Å². The maximum absolute atomic E-state index is 11.6. The Morgan fingerprint density at radius 2 is 1.88 bits per heavy atom. The van der Waals surface area contributed by atoms with Gasteiger partial charge in [-0.2, -0.15) is 5.10 Å². The van der Waals surface area contributed by atoms with Gasteiger partial charge in [0.05, 0.1) is 33.3 Å². The monoisotopic (exact) mass is 377 g/mol. The van der Waals surface area contributed by atoms with Crippen LogP contribution in [0.5, 0.6) is 0 Å². The number of nitrogens with zero attached hydrogens (tertiary/aromatic N) is 3. The fourth-order valence-corrected chi connectivity index (χ4v) is 2.18. The number of carbonyl (C=O) groups excluding carboxylic acids is 1.